The maximum atomic E-state index is 11.2. The van der Waals surface area contributed by atoms with Crippen molar-refractivity contribution in [1.29, 1.82) is 0 Å². The van der Waals surface area contributed by atoms with Gasteiger partial charge in [0.2, 0.25) is 0 Å². The molecule has 0 bridgehead atoms. The number of benzene rings is 1. The van der Waals surface area contributed by atoms with Crippen LogP contribution >= 0.6 is 11.6 Å². The second-order valence-electron chi connectivity index (χ2n) is 4.46. The van der Waals surface area contributed by atoms with Crippen molar-refractivity contribution in [3.8, 4) is 0 Å². The van der Waals surface area contributed by atoms with Gasteiger partial charge in [0.1, 0.15) is 0 Å². The Morgan fingerprint density at radius 3 is 2.35 bits per heavy atom. The van der Waals surface area contributed by atoms with Crippen LogP contribution in [0.15, 0.2) is 12.1 Å². The quantitative estimate of drug-likeness (QED) is 0.894. The zero-order valence-electron chi connectivity index (χ0n) is 10.8. The summed E-state index contributed by atoms with van der Waals surface area (Å²) < 4.78 is 11.2. The third-order valence-corrected chi connectivity index (χ3v) is 4.48. The monoisotopic (exact) mass is 273 g/mol. The summed E-state index contributed by atoms with van der Waals surface area (Å²) >= 11 is 5.99. The molecule has 17 heavy (non-hydrogen) atoms. The Hall–Kier alpha value is -0.380. The summed E-state index contributed by atoms with van der Waals surface area (Å²) in [5.74, 6) is 0. The van der Waals surface area contributed by atoms with Gasteiger partial charge >= 0.3 is 0 Å². The highest BCUT2D eigenvalue weighted by Gasteiger charge is 2.07. The maximum Gasteiger partial charge on any atom is 0.0441 e. The zero-order chi connectivity index (χ0) is 13.0. The Morgan fingerprint density at radius 2 is 1.88 bits per heavy atom. The van der Waals surface area contributed by atoms with Crippen molar-refractivity contribution in [3.63, 3.8) is 0 Å². The molecule has 0 radical (unpaired) electrons. The van der Waals surface area contributed by atoms with E-state index in [0.29, 0.717) is 0 Å². The second-order valence-corrected chi connectivity index (χ2v) is 6.70. The minimum atomic E-state index is -0.766. The normalized spacial score (nSPS) is 14.6. The molecular weight excluding hydrogens is 254 g/mol. The number of hydrogen-bond donors (Lipinski definition) is 1. The lowest BCUT2D eigenvalue weighted by Crippen LogP contribution is -2.27. The maximum absolute atomic E-state index is 11.2. The molecule has 0 unspecified atom stereocenters. The fourth-order valence-electron chi connectivity index (χ4n) is 1.74. The Kier molecular flexibility index (Phi) is 5.63. The van der Waals surface area contributed by atoms with Crippen LogP contribution < -0.4 is 5.32 Å². The third kappa shape index (κ3) is 4.41. The Balaban J connectivity index is 2.61. The molecule has 96 valence electrons. The number of hydrogen-bond acceptors (Lipinski definition) is 2. The summed E-state index contributed by atoms with van der Waals surface area (Å²) in [6, 6.07) is 3.96. The summed E-state index contributed by atoms with van der Waals surface area (Å²) in [7, 11) is -0.766. The first-order valence-electron chi connectivity index (χ1n) is 5.70. The summed E-state index contributed by atoms with van der Waals surface area (Å²) in [4.78, 5) is 0. The van der Waals surface area contributed by atoms with E-state index in [1.807, 2.05) is 19.1 Å². The van der Waals surface area contributed by atoms with Gasteiger partial charge in [0, 0.05) is 40.4 Å². The minimum absolute atomic E-state index is 0.183. The average Bonchev–Trinajstić information content (AvgIpc) is 2.21. The smallest absolute Gasteiger partial charge is 0.0441 e. The highest BCUT2D eigenvalue weighted by molar-refractivity contribution is 7.84. The van der Waals surface area contributed by atoms with Gasteiger partial charge in [0.25, 0.3) is 0 Å². The van der Waals surface area contributed by atoms with Gasteiger partial charge in [-0.25, -0.2) is 0 Å². The molecule has 1 aromatic rings. The lowest BCUT2D eigenvalue weighted by Gasteiger charge is -2.14. The predicted molar refractivity (Wildman–Crippen MR) is 76.2 cm³/mol. The van der Waals surface area contributed by atoms with Gasteiger partial charge in [0.15, 0.2) is 0 Å². The van der Waals surface area contributed by atoms with E-state index < -0.39 is 10.8 Å². The summed E-state index contributed by atoms with van der Waals surface area (Å²) in [5, 5.41) is 4.32. The van der Waals surface area contributed by atoms with Crippen LogP contribution in [-0.4, -0.2) is 22.3 Å². The zero-order valence-corrected chi connectivity index (χ0v) is 12.4. The number of halogens is 1. The first-order valence-corrected chi connectivity index (χ1v) is 7.70. The number of aryl methyl sites for hydroxylation is 2. The van der Waals surface area contributed by atoms with Crippen LogP contribution in [0.5, 0.6) is 0 Å². The molecule has 0 saturated carbocycles. The summed E-state index contributed by atoms with van der Waals surface area (Å²) in [5.41, 5.74) is 3.68. The number of nitrogens with one attached hydrogen (secondary N) is 1. The Morgan fingerprint density at radius 1 is 1.35 bits per heavy atom. The molecule has 1 rings (SSSR count). The molecule has 0 heterocycles. The molecule has 0 aliphatic carbocycles. The van der Waals surface area contributed by atoms with Crippen molar-refractivity contribution in [2.24, 2.45) is 0 Å². The van der Waals surface area contributed by atoms with Gasteiger partial charge in [-0.3, -0.25) is 4.21 Å². The van der Waals surface area contributed by atoms with Gasteiger partial charge in [0.05, 0.1) is 0 Å². The fraction of sp³-hybridized carbons (Fsp3) is 0.538. The second kappa shape index (κ2) is 6.53. The molecule has 0 fully saturated rings. The molecule has 2 nitrogen and oxygen atoms in total. The predicted octanol–water partition coefficient (Wildman–Crippen LogP) is 2.81. The molecule has 4 heteroatoms. The summed E-state index contributed by atoms with van der Waals surface area (Å²) in [6.45, 7) is 7.69. The van der Waals surface area contributed by atoms with E-state index in [-0.39, 0.29) is 5.25 Å². The van der Waals surface area contributed by atoms with Crippen molar-refractivity contribution in [1.82, 2.24) is 5.32 Å². The molecule has 0 aromatic heterocycles. The van der Waals surface area contributed by atoms with Gasteiger partial charge in [-0.2, -0.15) is 0 Å². The van der Waals surface area contributed by atoms with Gasteiger partial charge in [-0.05, 0) is 49.6 Å². The largest absolute Gasteiger partial charge is 0.311 e. The molecule has 0 amide bonds. The fourth-order valence-corrected chi connectivity index (χ4v) is 2.42. The van der Waals surface area contributed by atoms with Crippen LogP contribution in [0, 0.1) is 13.8 Å². The molecule has 0 spiro atoms. The lowest BCUT2D eigenvalue weighted by molar-refractivity contribution is 0.645. The van der Waals surface area contributed by atoms with Crippen molar-refractivity contribution in [3.05, 3.63) is 33.8 Å². The van der Waals surface area contributed by atoms with Crippen LogP contribution in [0.2, 0.25) is 5.02 Å². The topological polar surface area (TPSA) is 29.1 Å². The number of rotatable bonds is 5. The van der Waals surface area contributed by atoms with E-state index in [2.05, 4.69) is 19.2 Å². The van der Waals surface area contributed by atoms with E-state index in [9.17, 15) is 4.21 Å². The van der Waals surface area contributed by atoms with Crippen LogP contribution in [0.25, 0.3) is 0 Å². The molecule has 0 aliphatic heterocycles. The van der Waals surface area contributed by atoms with E-state index in [0.717, 1.165) is 18.1 Å². The minimum Gasteiger partial charge on any atom is -0.311 e. The molecule has 1 N–H and O–H groups in total. The van der Waals surface area contributed by atoms with Crippen LogP contribution in [0.1, 0.15) is 23.6 Å². The van der Waals surface area contributed by atoms with E-state index in [1.54, 1.807) is 6.26 Å². The van der Waals surface area contributed by atoms with Crippen molar-refractivity contribution < 1.29 is 4.21 Å². The molecule has 0 aliphatic rings. The first-order chi connectivity index (χ1) is 7.91. The van der Waals surface area contributed by atoms with Gasteiger partial charge in [-0.1, -0.05) is 11.6 Å². The van der Waals surface area contributed by atoms with Crippen molar-refractivity contribution >= 4 is 22.4 Å². The average molecular weight is 274 g/mol. The standard InChI is InChI=1S/C13H20ClNOS/c1-9-5-12(14)6-10(2)13(9)8-15-7-11(3)17(4)16/h5-6,11,15H,7-8H2,1-4H3/t11-,17+/m0/s1. The van der Waals surface area contributed by atoms with E-state index in [1.165, 1.54) is 16.7 Å². The van der Waals surface area contributed by atoms with Crippen molar-refractivity contribution in [2.45, 2.75) is 32.6 Å². The van der Waals surface area contributed by atoms with Crippen molar-refractivity contribution in [2.75, 3.05) is 12.8 Å². The lowest BCUT2D eigenvalue weighted by atomic mass is 10.0. The van der Waals surface area contributed by atoms with Gasteiger partial charge in [-0.15, -0.1) is 0 Å². The Bertz CT molecular complexity index is 397. The highest BCUT2D eigenvalue weighted by Crippen LogP contribution is 2.19. The van der Waals surface area contributed by atoms with E-state index in [4.69, 9.17) is 11.6 Å². The summed E-state index contributed by atoms with van der Waals surface area (Å²) in [6.07, 6.45) is 1.74. The molecular formula is C13H20ClNOS. The Labute approximate surface area is 111 Å². The van der Waals surface area contributed by atoms with Crippen LogP contribution in [0.3, 0.4) is 0 Å². The van der Waals surface area contributed by atoms with Crippen LogP contribution in [-0.2, 0) is 17.3 Å². The first kappa shape index (κ1) is 14.7. The SMILES string of the molecule is Cc1cc(Cl)cc(C)c1CNC[C@H](C)[S@@](C)=O. The van der Waals surface area contributed by atoms with Crippen LogP contribution in [0.4, 0.5) is 0 Å². The highest BCUT2D eigenvalue weighted by atomic mass is 35.5. The third-order valence-electron chi connectivity index (χ3n) is 2.96. The van der Waals surface area contributed by atoms with E-state index >= 15 is 0 Å². The molecule has 0 saturated heterocycles. The molecule has 1 aromatic carbocycles. The molecule has 2 atom stereocenters. The van der Waals surface area contributed by atoms with Gasteiger partial charge < -0.3 is 5.32 Å².